The van der Waals surface area contributed by atoms with E-state index in [1.165, 1.54) is 0 Å². The summed E-state index contributed by atoms with van der Waals surface area (Å²) in [4.78, 5) is 27.3. The molecular formula is C22H30N2O4S. The Morgan fingerprint density at radius 1 is 1.10 bits per heavy atom. The summed E-state index contributed by atoms with van der Waals surface area (Å²) in [6.45, 7) is 3.73. The lowest BCUT2D eigenvalue weighted by molar-refractivity contribution is -0.141. The third-order valence-electron chi connectivity index (χ3n) is 6.94. The molecule has 0 aromatic heterocycles. The molecule has 3 fully saturated rings. The fourth-order valence-corrected chi connectivity index (χ4v) is 7.65. The van der Waals surface area contributed by atoms with Crippen LogP contribution in [0, 0.1) is 11.8 Å². The van der Waals surface area contributed by atoms with Crippen molar-refractivity contribution >= 4 is 21.7 Å². The summed E-state index contributed by atoms with van der Waals surface area (Å²) in [5, 5.41) is 3.01. The first-order valence-corrected chi connectivity index (χ1v) is 12.3. The number of rotatable bonds is 3. The van der Waals surface area contributed by atoms with E-state index in [9.17, 15) is 18.0 Å². The predicted molar refractivity (Wildman–Crippen MR) is 111 cm³/mol. The lowest BCUT2D eigenvalue weighted by atomic mass is 9.69. The van der Waals surface area contributed by atoms with Crippen molar-refractivity contribution in [3.8, 4) is 0 Å². The molecule has 1 saturated carbocycles. The quantitative estimate of drug-likeness (QED) is 0.817. The average Bonchev–Trinajstić information content (AvgIpc) is 2.67. The van der Waals surface area contributed by atoms with Crippen LogP contribution >= 0.6 is 0 Å². The van der Waals surface area contributed by atoms with Crippen LogP contribution in [0.1, 0.15) is 55.8 Å². The Balaban J connectivity index is 1.40. The van der Waals surface area contributed by atoms with Gasteiger partial charge in [0.25, 0.3) is 5.91 Å². The Bertz CT molecular complexity index is 877. The van der Waals surface area contributed by atoms with E-state index in [4.69, 9.17) is 0 Å². The third-order valence-corrected chi connectivity index (χ3v) is 9.53. The van der Waals surface area contributed by atoms with Gasteiger partial charge >= 0.3 is 0 Å². The molecule has 2 atom stereocenters. The van der Waals surface area contributed by atoms with Crippen molar-refractivity contribution in [3.63, 3.8) is 0 Å². The third kappa shape index (κ3) is 3.93. The zero-order valence-electron chi connectivity index (χ0n) is 17.0. The topological polar surface area (TPSA) is 83.6 Å². The molecule has 1 aliphatic carbocycles. The SMILES string of the molecule is CC1CCCN(C(=O)C2CC3(CC(NC(=O)c4ccccc4)CCS3(=O)=O)C2)C1. The number of nitrogens with one attached hydrogen (secondary N) is 1. The van der Waals surface area contributed by atoms with Gasteiger partial charge in [-0.05, 0) is 56.6 Å². The largest absolute Gasteiger partial charge is 0.349 e. The number of benzene rings is 1. The van der Waals surface area contributed by atoms with E-state index in [-0.39, 0.29) is 29.5 Å². The summed E-state index contributed by atoms with van der Waals surface area (Å²) in [6, 6.07) is 8.81. The number of likely N-dealkylation sites (tertiary alicyclic amines) is 1. The fourth-order valence-electron chi connectivity index (χ4n) is 5.25. The Hall–Kier alpha value is -1.89. The van der Waals surface area contributed by atoms with Crippen molar-refractivity contribution in [2.24, 2.45) is 11.8 Å². The van der Waals surface area contributed by atoms with Crippen LogP contribution in [-0.2, 0) is 14.6 Å². The predicted octanol–water partition coefficient (Wildman–Crippen LogP) is 2.40. The molecule has 0 radical (unpaired) electrons. The maximum atomic E-state index is 12.9. The number of carbonyl (C=O) groups excluding carboxylic acids is 2. The van der Waals surface area contributed by atoms with Gasteiger partial charge < -0.3 is 10.2 Å². The zero-order valence-corrected chi connectivity index (χ0v) is 17.8. The van der Waals surface area contributed by atoms with Gasteiger partial charge in [-0.25, -0.2) is 8.42 Å². The molecule has 1 spiro atoms. The van der Waals surface area contributed by atoms with Crippen molar-refractivity contribution < 1.29 is 18.0 Å². The van der Waals surface area contributed by atoms with E-state index >= 15 is 0 Å². The fraction of sp³-hybridized carbons (Fsp3) is 0.636. The van der Waals surface area contributed by atoms with Crippen molar-refractivity contribution in [1.82, 2.24) is 10.2 Å². The van der Waals surface area contributed by atoms with E-state index < -0.39 is 14.6 Å². The highest BCUT2D eigenvalue weighted by Gasteiger charge is 2.58. The minimum atomic E-state index is -3.25. The van der Waals surface area contributed by atoms with Crippen LogP contribution in [0.5, 0.6) is 0 Å². The lowest BCUT2D eigenvalue weighted by Crippen LogP contribution is -2.61. The van der Waals surface area contributed by atoms with Gasteiger partial charge in [-0.3, -0.25) is 9.59 Å². The Labute approximate surface area is 173 Å². The highest BCUT2D eigenvalue weighted by molar-refractivity contribution is 7.92. The second-order valence-electron chi connectivity index (χ2n) is 9.17. The summed E-state index contributed by atoms with van der Waals surface area (Å²) in [7, 11) is -3.25. The number of hydrogen-bond acceptors (Lipinski definition) is 4. The Kier molecular flexibility index (Phi) is 5.44. The molecule has 158 valence electrons. The minimum Gasteiger partial charge on any atom is -0.349 e. The van der Waals surface area contributed by atoms with Gasteiger partial charge in [-0.2, -0.15) is 0 Å². The molecular weight excluding hydrogens is 388 g/mol. The van der Waals surface area contributed by atoms with E-state index in [0.717, 1.165) is 25.9 Å². The average molecular weight is 419 g/mol. The number of piperidine rings is 1. The standard InChI is InChI=1S/C22H30N2O4S/c1-16-6-5-10-24(15-16)21(26)18-12-22(13-18)14-19(9-11-29(22,27)28)23-20(25)17-7-3-2-4-8-17/h2-4,7-8,16,18-19H,5-6,9-15H2,1H3,(H,23,25). The maximum Gasteiger partial charge on any atom is 0.251 e. The molecule has 29 heavy (non-hydrogen) atoms. The van der Waals surface area contributed by atoms with Gasteiger partial charge in [0.1, 0.15) is 0 Å². The maximum absolute atomic E-state index is 12.9. The molecule has 1 aromatic carbocycles. The lowest BCUT2D eigenvalue weighted by Gasteiger charge is -2.51. The van der Waals surface area contributed by atoms with Gasteiger partial charge in [0.15, 0.2) is 9.84 Å². The monoisotopic (exact) mass is 418 g/mol. The highest BCUT2D eigenvalue weighted by atomic mass is 32.2. The van der Waals surface area contributed by atoms with Gasteiger partial charge in [0.2, 0.25) is 5.91 Å². The summed E-state index contributed by atoms with van der Waals surface area (Å²) < 4.78 is 24.8. The van der Waals surface area contributed by atoms with Crippen molar-refractivity contribution in [2.45, 2.75) is 56.2 Å². The molecule has 3 aliphatic rings. The second kappa shape index (κ2) is 7.74. The first-order valence-electron chi connectivity index (χ1n) is 10.7. The second-order valence-corrected chi connectivity index (χ2v) is 11.7. The molecule has 1 aromatic rings. The molecule has 0 bridgehead atoms. The van der Waals surface area contributed by atoms with Crippen LogP contribution in [0.15, 0.2) is 30.3 Å². The van der Waals surface area contributed by atoms with Crippen LogP contribution in [0.25, 0.3) is 0 Å². The van der Waals surface area contributed by atoms with Crippen LogP contribution in [0.3, 0.4) is 0 Å². The van der Waals surface area contributed by atoms with Gasteiger partial charge in [0, 0.05) is 30.6 Å². The molecule has 2 unspecified atom stereocenters. The van der Waals surface area contributed by atoms with E-state index in [0.29, 0.717) is 37.2 Å². The summed E-state index contributed by atoms with van der Waals surface area (Å²) in [5.41, 5.74) is 0.580. The number of amides is 2. The van der Waals surface area contributed by atoms with E-state index in [2.05, 4.69) is 12.2 Å². The van der Waals surface area contributed by atoms with Crippen LogP contribution in [0.4, 0.5) is 0 Å². The van der Waals surface area contributed by atoms with Gasteiger partial charge in [-0.1, -0.05) is 25.1 Å². The normalized spacial score (nSPS) is 33.7. The summed E-state index contributed by atoms with van der Waals surface area (Å²) in [5.74, 6) is 0.345. The molecule has 2 heterocycles. The number of hydrogen-bond donors (Lipinski definition) is 1. The van der Waals surface area contributed by atoms with Crippen molar-refractivity contribution in [3.05, 3.63) is 35.9 Å². The molecule has 1 N–H and O–H groups in total. The highest BCUT2D eigenvalue weighted by Crippen LogP contribution is 2.50. The molecule has 4 rings (SSSR count). The van der Waals surface area contributed by atoms with Gasteiger partial charge in [0.05, 0.1) is 10.5 Å². The molecule has 2 aliphatic heterocycles. The van der Waals surface area contributed by atoms with Gasteiger partial charge in [-0.15, -0.1) is 0 Å². The molecule has 2 amide bonds. The van der Waals surface area contributed by atoms with Crippen LogP contribution in [-0.4, -0.2) is 54.8 Å². The Morgan fingerprint density at radius 2 is 1.83 bits per heavy atom. The smallest absolute Gasteiger partial charge is 0.251 e. The van der Waals surface area contributed by atoms with E-state index in [1.807, 2.05) is 23.1 Å². The van der Waals surface area contributed by atoms with Crippen LogP contribution in [0.2, 0.25) is 0 Å². The summed E-state index contributed by atoms with van der Waals surface area (Å²) >= 11 is 0. The minimum absolute atomic E-state index is 0.0778. The molecule has 2 saturated heterocycles. The Morgan fingerprint density at radius 3 is 2.52 bits per heavy atom. The summed E-state index contributed by atoms with van der Waals surface area (Å²) in [6.07, 6.45) is 3.82. The zero-order chi connectivity index (χ0) is 20.6. The number of carbonyl (C=O) groups is 2. The molecule has 7 heteroatoms. The number of sulfone groups is 1. The number of nitrogens with zero attached hydrogens (tertiary/aromatic N) is 1. The van der Waals surface area contributed by atoms with Crippen molar-refractivity contribution in [2.75, 3.05) is 18.8 Å². The van der Waals surface area contributed by atoms with Crippen molar-refractivity contribution in [1.29, 1.82) is 0 Å². The van der Waals surface area contributed by atoms with E-state index in [1.54, 1.807) is 12.1 Å². The molecule has 6 nitrogen and oxygen atoms in total. The van der Waals surface area contributed by atoms with Crippen LogP contribution < -0.4 is 5.32 Å². The first-order chi connectivity index (χ1) is 13.8. The first kappa shape index (κ1) is 20.4.